The van der Waals surface area contributed by atoms with Crippen molar-refractivity contribution >= 4 is 45.0 Å². The predicted molar refractivity (Wildman–Crippen MR) is 152 cm³/mol. The Morgan fingerprint density at radius 3 is 2.15 bits per heavy atom. The first-order valence-corrected chi connectivity index (χ1v) is 15.0. The Balaban J connectivity index is 2.16. The minimum atomic E-state index is -3.91. The molecule has 2 aromatic rings. The van der Waals surface area contributed by atoms with E-state index in [4.69, 9.17) is 32.7 Å². The number of hydrogen-bond acceptors (Lipinski definition) is 6. The van der Waals surface area contributed by atoms with Crippen molar-refractivity contribution in [2.75, 3.05) is 26.3 Å². The molecule has 2 aromatic carbocycles. The average Bonchev–Trinajstić information content (AvgIpc) is 2.87. The van der Waals surface area contributed by atoms with Crippen LogP contribution in [0.2, 0.25) is 10.0 Å². The molecule has 0 heterocycles. The van der Waals surface area contributed by atoms with Crippen molar-refractivity contribution in [3.8, 4) is 0 Å². The maximum Gasteiger partial charge on any atom is 0.245 e. The second kappa shape index (κ2) is 16.2. The van der Waals surface area contributed by atoms with Gasteiger partial charge in [-0.2, -0.15) is 0 Å². The Morgan fingerprint density at radius 2 is 1.59 bits per heavy atom. The molecule has 2 rings (SSSR count). The molecule has 216 valence electrons. The monoisotopic (exact) mass is 601 g/mol. The van der Waals surface area contributed by atoms with Gasteiger partial charge in [0.15, 0.2) is 6.29 Å². The molecule has 2 N–H and O–H groups in total. The van der Waals surface area contributed by atoms with Gasteiger partial charge < -0.3 is 19.7 Å². The van der Waals surface area contributed by atoms with Crippen LogP contribution < -0.4 is 10.0 Å². The summed E-state index contributed by atoms with van der Waals surface area (Å²) in [6.45, 7) is 8.28. The Morgan fingerprint density at radius 1 is 0.974 bits per heavy atom. The lowest BCUT2D eigenvalue weighted by molar-refractivity contribution is -0.163. The standard InChI is InChI=1S/C27H37Cl2N3O6S/c1-5-37-26(38-6-2)18-32(19(3)4)27(34)23(17-20-11-13-21(28)14-12-20)31-25(33)15-16-30-39(35,36)24-10-8-7-9-22(24)29/h7-14,19,23,26,30H,5-6,15-18H2,1-4H3,(H,31,33). The van der Waals surface area contributed by atoms with Gasteiger partial charge in [0, 0.05) is 43.7 Å². The fourth-order valence-electron chi connectivity index (χ4n) is 3.80. The number of carbonyl (C=O) groups excluding carboxylic acids is 2. The third-order valence-electron chi connectivity index (χ3n) is 5.71. The number of sulfonamides is 1. The molecule has 0 spiro atoms. The molecule has 0 radical (unpaired) electrons. The Kier molecular flexibility index (Phi) is 13.7. The molecule has 39 heavy (non-hydrogen) atoms. The third kappa shape index (κ3) is 10.7. The fourth-order valence-corrected chi connectivity index (χ4v) is 5.48. The topological polar surface area (TPSA) is 114 Å². The maximum atomic E-state index is 13.7. The molecular weight excluding hydrogens is 565 g/mol. The molecule has 0 aromatic heterocycles. The first-order valence-electron chi connectivity index (χ1n) is 12.8. The summed E-state index contributed by atoms with van der Waals surface area (Å²) in [6.07, 6.45) is -0.585. The summed E-state index contributed by atoms with van der Waals surface area (Å²) in [5, 5.41) is 3.41. The highest BCUT2D eigenvalue weighted by Crippen LogP contribution is 2.20. The molecule has 2 amide bonds. The lowest BCUT2D eigenvalue weighted by Gasteiger charge is -2.33. The maximum absolute atomic E-state index is 13.7. The van der Waals surface area contributed by atoms with E-state index in [1.165, 1.54) is 12.1 Å². The minimum Gasteiger partial charge on any atom is -0.351 e. The quantitative estimate of drug-likeness (QED) is 0.281. The van der Waals surface area contributed by atoms with Crippen LogP contribution in [0, 0.1) is 0 Å². The first-order chi connectivity index (χ1) is 18.5. The van der Waals surface area contributed by atoms with Crippen LogP contribution in [0.1, 0.15) is 39.7 Å². The minimum absolute atomic E-state index is 0.0754. The summed E-state index contributed by atoms with van der Waals surface area (Å²) in [5.41, 5.74) is 0.798. The number of amides is 2. The van der Waals surface area contributed by atoms with Gasteiger partial charge in [-0.05, 0) is 57.5 Å². The average molecular weight is 603 g/mol. The first kappa shape index (κ1) is 33.0. The summed E-state index contributed by atoms with van der Waals surface area (Å²) in [6, 6.07) is 11.9. The summed E-state index contributed by atoms with van der Waals surface area (Å²) in [4.78, 5) is 28.2. The van der Waals surface area contributed by atoms with Crippen LogP contribution in [-0.4, -0.2) is 69.8 Å². The second-order valence-electron chi connectivity index (χ2n) is 8.95. The van der Waals surface area contributed by atoms with E-state index in [0.29, 0.717) is 18.2 Å². The van der Waals surface area contributed by atoms with Crippen LogP contribution in [0.5, 0.6) is 0 Å². The van der Waals surface area contributed by atoms with Crippen LogP contribution in [0.15, 0.2) is 53.4 Å². The van der Waals surface area contributed by atoms with Crippen LogP contribution in [0.3, 0.4) is 0 Å². The van der Waals surface area contributed by atoms with Crippen molar-refractivity contribution in [1.29, 1.82) is 0 Å². The molecule has 0 saturated carbocycles. The molecule has 1 unspecified atom stereocenters. The van der Waals surface area contributed by atoms with E-state index >= 15 is 0 Å². The number of halogens is 2. The number of hydrogen-bond donors (Lipinski definition) is 2. The van der Waals surface area contributed by atoms with Crippen LogP contribution in [0.4, 0.5) is 0 Å². The molecule has 0 aliphatic carbocycles. The van der Waals surface area contributed by atoms with Gasteiger partial charge in [0.2, 0.25) is 21.8 Å². The smallest absolute Gasteiger partial charge is 0.245 e. The zero-order valence-corrected chi connectivity index (χ0v) is 25.0. The van der Waals surface area contributed by atoms with Crippen molar-refractivity contribution in [2.24, 2.45) is 0 Å². The summed E-state index contributed by atoms with van der Waals surface area (Å²) in [7, 11) is -3.91. The van der Waals surface area contributed by atoms with Gasteiger partial charge in [-0.1, -0.05) is 47.5 Å². The molecule has 0 aliphatic heterocycles. The van der Waals surface area contributed by atoms with E-state index in [-0.39, 0.29) is 47.8 Å². The molecule has 0 fully saturated rings. The normalized spacial score (nSPS) is 12.5. The van der Waals surface area contributed by atoms with Gasteiger partial charge in [0.1, 0.15) is 10.9 Å². The van der Waals surface area contributed by atoms with E-state index in [1.807, 2.05) is 27.7 Å². The zero-order valence-electron chi connectivity index (χ0n) is 22.7. The molecule has 1 atom stereocenters. The highest BCUT2D eigenvalue weighted by molar-refractivity contribution is 7.89. The number of benzene rings is 2. The molecule has 0 bridgehead atoms. The van der Waals surface area contributed by atoms with E-state index in [9.17, 15) is 18.0 Å². The summed E-state index contributed by atoms with van der Waals surface area (Å²) in [5.74, 6) is -0.798. The van der Waals surface area contributed by atoms with E-state index in [0.717, 1.165) is 5.56 Å². The van der Waals surface area contributed by atoms with Gasteiger partial charge in [0.25, 0.3) is 0 Å². The van der Waals surface area contributed by atoms with Crippen molar-refractivity contribution in [3.05, 3.63) is 64.1 Å². The Bertz CT molecular complexity index is 1170. The van der Waals surface area contributed by atoms with Gasteiger partial charge in [-0.15, -0.1) is 0 Å². The van der Waals surface area contributed by atoms with Gasteiger partial charge >= 0.3 is 0 Å². The number of ether oxygens (including phenoxy) is 2. The molecule has 0 aliphatic rings. The van der Waals surface area contributed by atoms with Crippen LogP contribution in [0.25, 0.3) is 0 Å². The lowest BCUT2D eigenvalue weighted by atomic mass is 10.0. The number of rotatable bonds is 16. The number of nitrogens with zero attached hydrogens (tertiary/aromatic N) is 1. The van der Waals surface area contributed by atoms with Crippen LogP contribution >= 0.6 is 23.2 Å². The SMILES string of the molecule is CCOC(CN(C(=O)C(Cc1ccc(Cl)cc1)NC(=O)CCNS(=O)(=O)c1ccccc1Cl)C(C)C)OCC. The van der Waals surface area contributed by atoms with E-state index in [1.54, 1.807) is 41.3 Å². The third-order valence-corrected chi connectivity index (χ3v) is 7.93. The molecule has 12 heteroatoms. The highest BCUT2D eigenvalue weighted by atomic mass is 35.5. The molecule has 0 saturated heterocycles. The Labute approximate surface area is 241 Å². The van der Waals surface area contributed by atoms with Gasteiger partial charge in [-0.25, -0.2) is 13.1 Å². The molecule has 9 nitrogen and oxygen atoms in total. The van der Waals surface area contributed by atoms with Crippen LogP contribution in [-0.2, 0) is 35.5 Å². The number of nitrogens with one attached hydrogen (secondary N) is 2. The van der Waals surface area contributed by atoms with Gasteiger partial charge in [-0.3, -0.25) is 9.59 Å². The summed E-state index contributed by atoms with van der Waals surface area (Å²) >= 11 is 12.0. The van der Waals surface area contributed by atoms with Crippen molar-refractivity contribution < 1.29 is 27.5 Å². The largest absolute Gasteiger partial charge is 0.351 e. The molecular formula is C27H37Cl2N3O6S. The van der Waals surface area contributed by atoms with E-state index in [2.05, 4.69) is 10.0 Å². The lowest BCUT2D eigenvalue weighted by Crippen LogP contribution is -2.54. The predicted octanol–water partition coefficient (Wildman–Crippen LogP) is 4.03. The zero-order chi connectivity index (χ0) is 29.0. The Hall–Kier alpha value is -2.21. The van der Waals surface area contributed by atoms with Gasteiger partial charge in [0.05, 0.1) is 11.6 Å². The van der Waals surface area contributed by atoms with Crippen molar-refractivity contribution in [2.45, 2.75) is 63.8 Å². The highest BCUT2D eigenvalue weighted by Gasteiger charge is 2.30. The fraction of sp³-hybridized carbons (Fsp3) is 0.481. The van der Waals surface area contributed by atoms with E-state index < -0.39 is 28.3 Å². The van der Waals surface area contributed by atoms with Crippen molar-refractivity contribution in [1.82, 2.24) is 14.9 Å². The summed E-state index contributed by atoms with van der Waals surface area (Å²) < 4.78 is 38.8. The second-order valence-corrected chi connectivity index (χ2v) is 11.5. The number of carbonyl (C=O) groups is 2. The van der Waals surface area contributed by atoms with Crippen molar-refractivity contribution in [3.63, 3.8) is 0 Å².